The van der Waals surface area contributed by atoms with Crippen molar-refractivity contribution in [1.29, 1.82) is 0 Å². The van der Waals surface area contributed by atoms with Gasteiger partial charge in [0.15, 0.2) is 0 Å². The van der Waals surface area contributed by atoms with Gasteiger partial charge in [-0.15, -0.1) is 0 Å². The van der Waals surface area contributed by atoms with Crippen LogP contribution in [0.4, 0.5) is 0 Å². The molecule has 0 radical (unpaired) electrons. The lowest BCUT2D eigenvalue weighted by Gasteiger charge is -2.07. The maximum absolute atomic E-state index is 11.8. The van der Waals surface area contributed by atoms with Crippen LogP contribution in [0.1, 0.15) is 20.8 Å². The minimum absolute atomic E-state index is 0.132. The molecule has 0 saturated heterocycles. The van der Waals surface area contributed by atoms with Gasteiger partial charge in [-0.05, 0) is 45.0 Å². The molecule has 6 nitrogen and oxygen atoms in total. The van der Waals surface area contributed by atoms with Crippen LogP contribution in [0.5, 0.6) is 5.75 Å². The van der Waals surface area contributed by atoms with Crippen LogP contribution in [0.3, 0.4) is 0 Å². The van der Waals surface area contributed by atoms with E-state index >= 15 is 0 Å². The molecule has 2 heterocycles. The third kappa shape index (κ3) is 4.73. The number of hydrogen-bond donors (Lipinski definition) is 0. The van der Waals surface area contributed by atoms with Crippen LogP contribution in [0.2, 0.25) is 5.02 Å². The summed E-state index contributed by atoms with van der Waals surface area (Å²) in [7, 11) is 0. The van der Waals surface area contributed by atoms with Crippen molar-refractivity contribution in [3.05, 3.63) is 41.7 Å². The van der Waals surface area contributed by atoms with Crippen LogP contribution >= 0.6 is 23.4 Å². The Morgan fingerprint density at radius 1 is 1.33 bits per heavy atom. The molecule has 0 aliphatic carbocycles. The molecule has 8 heteroatoms. The summed E-state index contributed by atoms with van der Waals surface area (Å²) in [6.45, 7) is 6.12. The van der Waals surface area contributed by atoms with Crippen molar-refractivity contribution < 1.29 is 14.3 Å². The second-order valence-corrected chi connectivity index (χ2v) is 7.37. The first-order chi connectivity index (χ1) is 13.0. The van der Waals surface area contributed by atoms with Gasteiger partial charge in [0.05, 0.1) is 34.7 Å². The Balaban J connectivity index is 1.85. The van der Waals surface area contributed by atoms with E-state index in [2.05, 4.69) is 10.1 Å². The highest BCUT2D eigenvalue weighted by Gasteiger charge is 2.13. The number of esters is 1. The normalized spacial score (nSPS) is 11.1. The summed E-state index contributed by atoms with van der Waals surface area (Å²) in [6, 6.07) is 7.50. The standard InChI is InChI=1S/C19H20ClN3O3S/c1-4-25-17-6-5-13(9-14(17)20)15-10-16-19(21-7-8-23(16)22-15)27-11-18(24)26-12(2)3/h5-10,12H,4,11H2,1-3H3. The van der Waals surface area contributed by atoms with Crippen LogP contribution in [-0.2, 0) is 9.53 Å². The molecule has 0 aliphatic heterocycles. The maximum atomic E-state index is 11.8. The molecule has 0 amide bonds. The summed E-state index contributed by atoms with van der Waals surface area (Å²) in [5.41, 5.74) is 2.46. The number of fused-ring (bicyclic) bond motifs is 1. The van der Waals surface area contributed by atoms with Crippen molar-refractivity contribution in [2.75, 3.05) is 12.4 Å². The van der Waals surface area contributed by atoms with Crippen LogP contribution in [0.15, 0.2) is 41.7 Å². The van der Waals surface area contributed by atoms with Gasteiger partial charge in [-0.1, -0.05) is 23.4 Å². The number of benzene rings is 1. The van der Waals surface area contributed by atoms with E-state index in [1.165, 1.54) is 11.8 Å². The summed E-state index contributed by atoms with van der Waals surface area (Å²) in [4.78, 5) is 16.2. The molecule has 0 unspecified atom stereocenters. The summed E-state index contributed by atoms with van der Waals surface area (Å²) in [6.07, 6.45) is 3.30. The van der Waals surface area contributed by atoms with Crippen molar-refractivity contribution in [1.82, 2.24) is 14.6 Å². The van der Waals surface area contributed by atoms with Gasteiger partial charge in [0.1, 0.15) is 10.8 Å². The van der Waals surface area contributed by atoms with Gasteiger partial charge in [-0.25, -0.2) is 9.50 Å². The molecular weight excluding hydrogens is 386 g/mol. The monoisotopic (exact) mass is 405 g/mol. The zero-order valence-corrected chi connectivity index (χ0v) is 16.9. The van der Waals surface area contributed by atoms with Crippen LogP contribution in [0.25, 0.3) is 16.8 Å². The molecule has 0 fully saturated rings. The molecule has 27 heavy (non-hydrogen) atoms. The first kappa shape index (κ1) is 19.5. The van der Waals surface area contributed by atoms with Crippen molar-refractivity contribution in [3.8, 4) is 17.0 Å². The highest BCUT2D eigenvalue weighted by molar-refractivity contribution is 8.00. The third-order valence-electron chi connectivity index (χ3n) is 3.58. The van der Waals surface area contributed by atoms with Gasteiger partial charge in [0.25, 0.3) is 0 Å². The summed E-state index contributed by atoms with van der Waals surface area (Å²) >= 11 is 7.61. The van der Waals surface area contributed by atoms with Crippen molar-refractivity contribution in [3.63, 3.8) is 0 Å². The molecule has 0 aliphatic rings. The van der Waals surface area contributed by atoms with E-state index in [0.29, 0.717) is 22.4 Å². The Morgan fingerprint density at radius 2 is 2.15 bits per heavy atom. The number of rotatable bonds is 7. The largest absolute Gasteiger partial charge is 0.492 e. The van der Waals surface area contributed by atoms with Gasteiger partial charge in [-0.3, -0.25) is 4.79 Å². The Kier molecular flexibility index (Phi) is 6.23. The number of thioether (sulfide) groups is 1. The quantitative estimate of drug-likeness (QED) is 0.426. The number of halogens is 1. The lowest BCUT2D eigenvalue weighted by atomic mass is 10.1. The van der Waals surface area contributed by atoms with E-state index in [0.717, 1.165) is 16.8 Å². The molecular formula is C19H20ClN3O3S. The van der Waals surface area contributed by atoms with E-state index in [1.807, 2.05) is 45.0 Å². The average Bonchev–Trinajstić information content (AvgIpc) is 3.06. The lowest BCUT2D eigenvalue weighted by Crippen LogP contribution is -2.13. The van der Waals surface area contributed by atoms with Gasteiger partial charge in [-0.2, -0.15) is 5.10 Å². The molecule has 0 atom stereocenters. The van der Waals surface area contributed by atoms with E-state index in [1.54, 1.807) is 16.9 Å². The fraction of sp³-hybridized carbons (Fsp3) is 0.316. The second kappa shape index (κ2) is 8.63. The van der Waals surface area contributed by atoms with Gasteiger partial charge in [0, 0.05) is 18.0 Å². The van der Waals surface area contributed by atoms with Crippen LogP contribution < -0.4 is 4.74 Å². The first-order valence-corrected chi connectivity index (χ1v) is 9.93. The van der Waals surface area contributed by atoms with Gasteiger partial charge < -0.3 is 9.47 Å². The molecule has 142 valence electrons. The Morgan fingerprint density at radius 3 is 2.85 bits per heavy atom. The molecule has 0 N–H and O–H groups in total. The fourth-order valence-corrected chi connectivity index (χ4v) is 3.50. The van der Waals surface area contributed by atoms with Gasteiger partial charge >= 0.3 is 5.97 Å². The smallest absolute Gasteiger partial charge is 0.316 e. The van der Waals surface area contributed by atoms with Gasteiger partial charge in [0.2, 0.25) is 0 Å². The third-order valence-corrected chi connectivity index (χ3v) is 4.84. The average molecular weight is 406 g/mol. The highest BCUT2D eigenvalue weighted by atomic mass is 35.5. The molecule has 3 aromatic rings. The van der Waals surface area contributed by atoms with Crippen molar-refractivity contribution in [2.24, 2.45) is 0 Å². The molecule has 3 rings (SSSR count). The number of hydrogen-bond acceptors (Lipinski definition) is 6. The highest BCUT2D eigenvalue weighted by Crippen LogP contribution is 2.31. The molecule has 2 aromatic heterocycles. The predicted octanol–water partition coefficient (Wildman–Crippen LogP) is 4.49. The zero-order valence-electron chi connectivity index (χ0n) is 15.3. The van der Waals surface area contributed by atoms with E-state index < -0.39 is 0 Å². The lowest BCUT2D eigenvalue weighted by molar-refractivity contribution is -0.144. The maximum Gasteiger partial charge on any atom is 0.316 e. The number of aromatic nitrogens is 3. The number of carbonyl (C=O) groups is 1. The molecule has 0 spiro atoms. The molecule has 1 aromatic carbocycles. The Hall–Kier alpha value is -2.25. The topological polar surface area (TPSA) is 65.7 Å². The number of ether oxygens (including phenoxy) is 2. The fourth-order valence-electron chi connectivity index (χ4n) is 2.51. The Bertz CT molecular complexity index is 959. The van der Waals surface area contributed by atoms with E-state index in [4.69, 9.17) is 21.1 Å². The number of carbonyl (C=O) groups excluding carboxylic acids is 1. The van der Waals surface area contributed by atoms with Crippen LogP contribution in [-0.4, -0.2) is 39.0 Å². The molecule has 0 bridgehead atoms. The number of nitrogens with zero attached hydrogens (tertiary/aromatic N) is 3. The summed E-state index contributed by atoms with van der Waals surface area (Å²) < 4.78 is 12.4. The van der Waals surface area contributed by atoms with Crippen molar-refractivity contribution in [2.45, 2.75) is 31.9 Å². The Labute approximate surface area is 166 Å². The minimum atomic E-state index is -0.267. The molecule has 0 saturated carbocycles. The van der Waals surface area contributed by atoms with Crippen LogP contribution in [0, 0.1) is 0 Å². The van der Waals surface area contributed by atoms with E-state index in [9.17, 15) is 4.79 Å². The van der Waals surface area contributed by atoms with Crippen molar-refractivity contribution >= 4 is 34.8 Å². The summed E-state index contributed by atoms with van der Waals surface area (Å²) in [5, 5.41) is 5.84. The second-order valence-electron chi connectivity index (χ2n) is 6.00. The SMILES string of the molecule is CCOc1ccc(-c2cc3c(SCC(=O)OC(C)C)nccn3n2)cc1Cl. The summed E-state index contributed by atoms with van der Waals surface area (Å²) in [5.74, 6) is 0.574. The minimum Gasteiger partial charge on any atom is -0.492 e. The van der Waals surface area contributed by atoms with E-state index in [-0.39, 0.29) is 17.8 Å². The predicted molar refractivity (Wildman–Crippen MR) is 107 cm³/mol. The first-order valence-electron chi connectivity index (χ1n) is 8.57. The zero-order chi connectivity index (χ0) is 19.4.